The molecule has 146 valence electrons. The molecule has 2 aromatic heterocycles. The molecule has 1 aliphatic rings. The lowest BCUT2D eigenvalue weighted by molar-refractivity contribution is -0.121. The summed E-state index contributed by atoms with van der Waals surface area (Å²) in [6.07, 6.45) is -0.709. The van der Waals surface area contributed by atoms with Gasteiger partial charge in [0.2, 0.25) is 5.91 Å². The smallest absolute Gasteiger partial charge is 0.268 e. The average Bonchev–Trinajstić information content (AvgIpc) is 3.22. The fraction of sp³-hybridized carbons (Fsp3) is 0.263. The minimum Gasteiger partial charge on any atom is -0.394 e. The molecule has 4 N–H and O–H groups in total. The van der Waals surface area contributed by atoms with Gasteiger partial charge in [0.1, 0.15) is 16.6 Å². The summed E-state index contributed by atoms with van der Waals surface area (Å²) in [7, 11) is 0. The number of fused-ring (bicyclic) bond motifs is 2. The van der Waals surface area contributed by atoms with Crippen LogP contribution in [0.3, 0.4) is 0 Å². The van der Waals surface area contributed by atoms with E-state index < -0.39 is 18.8 Å². The third-order valence-electron chi connectivity index (χ3n) is 4.70. The zero-order valence-electron chi connectivity index (χ0n) is 14.7. The fourth-order valence-electron chi connectivity index (χ4n) is 3.38. The van der Waals surface area contributed by atoms with Crippen LogP contribution in [0.5, 0.6) is 0 Å². The number of aliphatic hydroxyl groups is 2. The van der Waals surface area contributed by atoms with Gasteiger partial charge in [0.05, 0.1) is 23.6 Å². The van der Waals surface area contributed by atoms with Gasteiger partial charge >= 0.3 is 0 Å². The molecular weight excluding hydrogens is 402 g/mol. The minimum absolute atomic E-state index is 0.0462. The summed E-state index contributed by atoms with van der Waals surface area (Å²) in [6.45, 7) is -0.500. The molecule has 9 heteroatoms. The Morgan fingerprint density at radius 3 is 2.93 bits per heavy atom. The lowest BCUT2D eigenvalue weighted by Crippen LogP contribution is -2.54. The molecule has 0 fully saturated rings. The first-order chi connectivity index (χ1) is 13.5. The number of H-pyrrole nitrogens is 1. The molecule has 0 spiro atoms. The molecule has 0 aliphatic carbocycles. The molecule has 1 aromatic carbocycles. The van der Waals surface area contributed by atoms with Crippen LogP contribution in [0.1, 0.15) is 16.1 Å². The average molecular weight is 420 g/mol. The van der Waals surface area contributed by atoms with Crippen molar-refractivity contribution < 1.29 is 19.8 Å². The number of nitrogens with zero attached hydrogens (tertiary/aromatic N) is 1. The Morgan fingerprint density at radius 2 is 2.18 bits per heavy atom. The summed E-state index contributed by atoms with van der Waals surface area (Å²) in [6, 6.07) is 10.0. The summed E-state index contributed by atoms with van der Waals surface area (Å²) in [5.74, 6) is -0.712. The number of halogens is 1. The van der Waals surface area contributed by atoms with E-state index in [1.54, 1.807) is 24.3 Å². The lowest BCUT2D eigenvalue weighted by Gasteiger charge is -2.35. The fourth-order valence-corrected chi connectivity index (χ4v) is 4.51. The number of benzene rings is 1. The van der Waals surface area contributed by atoms with Crippen LogP contribution in [0.25, 0.3) is 10.2 Å². The molecule has 2 atom stereocenters. The van der Waals surface area contributed by atoms with Gasteiger partial charge in [-0.25, -0.2) is 0 Å². The van der Waals surface area contributed by atoms with Crippen LogP contribution in [-0.2, 0) is 11.2 Å². The van der Waals surface area contributed by atoms with Crippen molar-refractivity contribution in [3.8, 4) is 0 Å². The van der Waals surface area contributed by atoms with Gasteiger partial charge in [-0.3, -0.25) is 9.59 Å². The van der Waals surface area contributed by atoms with Gasteiger partial charge in [0.25, 0.3) is 5.91 Å². The van der Waals surface area contributed by atoms with E-state index in [9.17, 15) is 14.7 Å². The van der Waals surface area contributed by atoms with Gasteiger partial charge in [-0.2, -0.15) is 0 Å². The van der Waals surface area contributed by atoms with Crippen LogP contribution in [0.15, 0.2) is 36.4 Å². The Morgan fingerprint density at radius 1 is 1.39 bits per heavy atom. The van der Waals surface area contributed by atoms with Crippen LogP contribution in [0.4, 0.5) is 5.69 Å². The molecule has 0 bridgehead atoms. The van der Waals surface area contributed by atoms with Crippen LogP contribution in [0, 0.1) is 0 Å². The van der Waals surface area contributed by atoms with E-state index in [0.29, 0.717) is 22.1 Å². The second-order valence-electron chi connectivity index (χ2n) is 6.66. The largest absolute Gasteiger partial charge is 0.394 e. The highest BCUT2D eigenvalue weighted by Crippen LogP contribution is 2.30. The number of carbonyl (C=O) groups excluding carboxylic acids is 2. The summed E-state index contributed by atoms with van der Waals surface area (Å²) < 4.78 is 0.630. The summed E-state index contributed by atoms with van der Waals surface area (Å²) in [5, 5.41) is 22.6. The molecule has 1 aliphatic heterocycles. The maximum Gasteiger partial charge on any atom is 0.268 e. The van der Waals surface area contributed by atoms with Crippen molar-refractivity contribution in [2.24, 2.45) is 0 Å². The number of aromatic amines is 1. The number of nitrogens with one attached hydrogen (secondary N) is 2. The zero-order chi connectivity index (χ0) is 19.8. The van der Waals surface area contributed by atoms with Crippen molar-refractivity contribution in [1.29, 1.82) is 0 Å². The van der Waals surface area contributed by atoms with Crippen LogP contribution >= 0.6 is 22.9 Å². The third kappa shape index (κ3) is 3.51. The first-order valence-electron chi connectivity index (χ1n) is 8.73. The number of aliphatic hydroxyl groups excluding tert-OH is 2. The highest BCUT2D eigenvalue weighted by molar-refractivity contribution is 7.22. The van der Waals surface area contributed by atoms with E-state index in [4.69, 9.17) is 16.7 Å². The van der Waals surface area contributed by atoms with Crippen molar-refractivity contribution in [3.05, 3.63) is 52.0 Å². The van der Waals surface area contributed by atoms with Gasteiger partial charge < -0.3 is 25.4 Å². The maximum absolute atomic E-state index is 13.0. The number of anilines is 1. The molecule has 3 heterocycles. The van der Waals surface area contributed by atoms with Crippen molar-refractivity contribution in [1.82, 2.24) is 10.3 Å². The number of hydrogen-bond donors (Lipinski definition) is 4. The number of hydrogen-bond acceptors (Lipinski definition) is 5. The summed E-state index contributed by atoms with van der Waals surface area (Å²) in [5.41, 5.74) is 1.92. The van der Waals surface area contributed by atoms with E-state index in [2.05, 4.69) is 10.3 Å². The first-order valence-corrected chi connectivity index (χ1v) is 9.93. The van der Waals surface area contributed by atoms with E-state index >= 15 is 0 Å². The Labute approximate surface area is 169 Å². The molecule has 3 aromatic rings. The zero-order valence-corrected chi connectivity index (χ0v) is 16.3. The number of β-amino-alcohol motifs (C(OH)–C–C–N with tert-alkyl or cyclic N) is 1. The number of carbonyl (C=O) groups is 2. The molecule has 0 saturated heterocycles. The number of amides is 2. The van der Waals surface area contributed by atoms with E-state index in [-0.39, 0.29) is 18.4 Å². The number of para-hydroxylation sites is 1. The minimum atomic E-state index is -1.06. The Balaban J connectivity index is 1.57. The number of thiophene rings is 1. The number of aromatic nitrogens is 1. The first kappa shape index (κ1) is 18.9. The van der Waals surface area contributed by atoms with Gasteiger partial charge in [0, 0.05) is 17.5 Å². The summed E-state index contributed by atoms with van der Waals surface area (Å²) in [4.78, 5) is 30.9. The standard InChI is InChI=1S/C19H18ClN3O4S/c20-16-7-11-6-13(22-18(11)28-16)17(26)21-14-5-10-3-1-2-4-15(10)23(19(14)27)8-12(25)9-24/h1-4,6-7,12,14,22,24-25H,5,8-9H2,(H,21,26)/t12-,14?/m1/s1. The van der Waals surface area contributed by atoms with Gasteiger partial charge in [-0.15, -0.1) is 11.3 Å². The Kier molecular flexibility index (Phi) is 5.11. The van der Waals surface area contributed by atoms with E-state index in [1.807, 2.05) is 12.1 Å². The number of rotatable bonds is 5. The maximum atomic E-state index is 13.0. The topological polar surface area (TPSA) is 106 Å². The van der Waals surface area contributed by atoms with Crippen molar-refractivity contribution in [2.75, 3.05) is 18.1 Å². The van der Waals surface area contributed by atoms with Crippen molar-refractivity contribution in [3.63, 3.8) is 0 Å². The predicted octanol–water partition coefficient (Wildman–Crippen LogP) is 1.92. The molecule has 0 saturated carbocycles. The van der Waals surface area contributed by atoms with Crippen LogP contribution in [0.2, 0.25) is 4.34 Å². The van der Waals surface area contributed by atoms with E-state index in [1.165, 1.54) is 16.2 Å². The predicted molar refractivity (Wildman–Crippen MR) is 108 cm³/mol. The van der Waals surface area contributed by atoms with Crippen molar-refractivity contribution >= 4 is 50.7 Å². The van der Waals surface area contributed by atoms with Crippen LogP contribution < -0.4 is 10.2 Å². The third-order valence-corrected chi connectivity index (χ3v) is 5.90. The Bertz CT molecular complexity index is 1020. The quantitative estimate of drug-likeness (QED) is 0.507. The van der Waals surface area contributed by atoms with E-state index in [0.717, 1.165) is 15.8 Å². The summed E-state index contributed by atoms with van der Waals surface area (Å²) >= 11 is 7.30. The molecule has 7 nitrogen and oxygen atoms in total. The molecule has 0 radical (unpaired) electrons. The highest BCUT2D eigenvalue weighted by atomic mass is 35.5. The molecular formula is C19H18ClN3O4S. The normalized spacial score (nSPS) is 17.6. The van der Waals surface area contributed by atoms with Gasteiger partial charge in [0.15, 0.2) is 0 Å². The van der Waals surface area contributed by atoms with Gasteiger partial charge in [-0.1, -0.05) is 29.8 Å². The van der Waals surface area contributed by atoms with Crippen LogP contribution in [-0.4, -0.2) is 52.3 Å². The molecule has 4 rings (SSSR count). The highest BCUT2D eigenvalue weighted by Gasteiger charge is 2.34. The molecule has 2 amide bonds. The van der Waals surface area contributed by atoms with Crippen molar-refractivity contribution in [2.45, 2.75) is 18.6 Å². The second-order valence-corrected chi connectivity index (χ2v) is 8.35. The lowest BCUT2D eigenvalue weighted by atomic mass is 9.96. The van der Waals surface area contributed by atoms with Gasteiger partial charge in [-0.05, 0) is 23.8 Å². The monoisotopic (exact) mass is 419 g/mol. The Hall–Kier alpha value is -2.39. The SMILES string of the molecule is O=C(NC1Cc2ccccc2N(C[C@@H](O)CO)C1=O)c1cc2cc(Cl)sc2[nH]1. The second kappa shape index (κ2) is 7.56. The molecule has 28 heavy (non-hydrogen) atoms. The molecule has 1 unspecified atom stereocenters.